The molecule has 2 aromatic carbocycles. The fraction of sp³-hybridized carbons (Fsp3) is 0.195. The summed E-state index contributed by atoms with van der Waals surface area (Å²) in [5.74, 6) is 1.02. The van der Waals surface area contributed by atoms with Gasteiger partial charge in [0.25, 0.3) is 0 Å². The van der Waals surface area contributed by atoms with E-state index in [1.54, 1.807) is 6.08 Å². The lowest BCUT2D eigenvalue weighted by Gasteiger charge is -2.20. The number of rotatable bonds is 11. The fourth-order valence-corrected chi connectivity index (χ4v) is 5.10. The quantitative estimate of drug-likeness (QED) is 0.247. The molecule has 4 rings (SSSR count). The highest BCUT2D eigenvalue weighted by atomic mass is 15.2. The Kier molecular flexibility index (Phi) is 13.7. The molecule has 2 aliphatic rings. The Bertz CT molecular complexity index is 1500. The molecule has 0 saturated carbocycles. The van der Waals surface area contributed by atoms with Gasteiger partial charge in [-0.2, -0.15) is 0 Å². The molecule has 220 valence electrons. The maximum atomic E-state index is 5.38. The molecule has 1 heterocycles. The van der Waals surface area contributed by atoms with E-state index in [2.05, 4.69) is 123 Å². The Balaban J connectivity index is 0.00000248. The van der Waals surface area contributed by atoms with Gasteiger partial charge in [0.1, 0.15) is 5.84 Å². The molecule has 0 radical (unpaired) electrons. The first-order valence-electron chi connectivity index (χ1n) is 15.4. The summed E-state index contributed by atoms with van der Waals surface area (Å²) in [6.45, 7) is 19.8. The molecular weight excluding hydrogens is 520 g/mol. The molecule has 0 bridgehead atoms. The summed E-state index contributed by atoms with van der Waals surface area (Å²) >= 11 is 0. The summed E-state index contributed by atoms with van der Waals surface area (Å²) < 4.78 is 0. The van der Waals surface area contributed by atoms with Crippen LogP contribution in [0.1, 0.15) is 56.7 Å². The molecule has 0 atom stereocenters. The highest BCUT2D eigenvalue weighted by molar-refractivity contribution is 6.05. The maximum absolute atomic E-state index is 5.38. The van der Waals surface area contributed by atoms with Crippen molar-refractivity contribution in [3.63, 3.8) is 0 Å². The standard InChI is InChI=1S/C39H40N2.C2H6/c1-5-8-10-13-21-29-41-30-37(40-39(41)34-25-15-11-12-16-26-34)38(32(7-3)22-9-6-2)36-28-20-19-27-35(36)31(4)33-23-17-14-18-24-33;1-2/h5-10,13-15,17-28H,1-2,4,11-12,16,29-30H2,3H3;1-2H3/b10-8-,21-13-,22-9-,32-7+,38-37+;. The summed E-state index contributed by atoms with van der Waals surface area (Å²) in [6.07, 6.45) is 28.2. The van der Waals surface area contributed by atoms with Crippen LogP contribution in [-0.4, -0.2) is 23.8 Å². The zero-order valence-electron chi connectivity index (χ0n) is 26.2. The Morgan fingerprint density at radius 1 is 0.884 bits per heavy atom. The topological polar surface area (TPSA) is 15.6 Å². The first-order valence-corrected chi connectivity index (χ1v) is 15.4. The summed E-state index contributed by atoms with van der Waals surface area (Å²) in [6, 6.07) is 18.9. The van der Waals surface area contributed by atoms with Crippen LogP contribution in [0.15, 0.2) is 169 Å². The number of aliphatic imine (C=N–C) groups is 1. The summed E-state index contributed by atoms with van der Waals surface area (Å²) in [4.78, 5) is 7.75. The fourth-order valence-electron chi connectivity index (χ4n) is 5.10. The van der Waals surface area contributed by atoms with Gasteiger partial charge in [0.15, 0.2) is 0 Å². The normalized spacial score (nSPS) is 16.5. The molecule has 0 saturated heterocycles. The lowest BCUT2D eigenvalue weighted by molar-refractivity contribution is 0.526. The molecule has 43 heavy (non-hydrogen) atoms. The number of amidine groups is 1. The van der Waals surface area contributed by atoms with Gasteiger partial charge in [-0.3, -0.25) is 0 Å². The SMILES string of the molecule is C=C/C=C\C=C/CN1C/C(=C(C(/C=C\C=C)=C/C)\c2ccccc2C(=C)c2ccccc2)N=C1C1=CCCCC=C1.CC. The Morgan fingerprint density at radius 2 is 1.60 bits per heavy atom. The van der Waals surface area contributed by atoms with Gasteiger partial charge in [-0.25, -0.2) is 4.99 Å². The van der Waals surface area contributed by atoms with E-state index in [0.29, 0.717) is 6.54 Å². The molecule has 0 N–H and O–H groups in total. The highest BCUT2D eigenvalue weighted by Gasteiger charge is 2.27. The second kappa shape index (κ2) is 18.0. The molecular formula is C41H46N2. The molecule has 0 spiro atoms. The van der Waals surface area contributed by atoms with Gasteiger partial charge in [0.2, 0.25) is 0 Å². The van der Waals surface area contributed by atoms with Crippen LogP contribution in [0.25, 0.3) is 11.1 Å². The molecule has 0 amide bonds. The third-order valence-electron chi connectivity index (χ3n) is 7.14. The number of benzene rings is 2. The van der Waals surface area contributed by atoms with Gasteiger partial charge in [0.05, 0.1) is 12.2 Å². The maximum Gasteiger partial charge on any atom is 0.136 e. The lowest BCUT2D eigenvalue weighted by Crippen LogP contribution is -2.28. The van der Waals surface area contributed by atoms with E-state index >= 15 is 0 Å². The largest absolute Gasteiger partial charge is 0.346 e. The van der Waals surface area contributed by atoms with E-state index in [0.717, 1.165) is 70.7 Å². The van der Waals surface area contributed by atoms with Crippen molar-refractivity contribution in [2.45, 2.75) is 40.0 Å². The molecule has 0 fully saturated rings. The van der Waals surface area contributed by atoms with Crippen molar-refractivity contribution < 1.29 is 0 Å². The van der Waals surface area contributed by atoms with E-state index in [1.807, 2.05) is 44.2 Å². The average molecular weight is 567 g/mol. The van der Waals surface area contributed by atoms with E-state index in [1.165, 1.54) is 5.57 Å². The molecule has 1 aliphatic carbocycles. The predicted molar refractivity (Wildman–Crippen MR) is 191 cm³/mol. The van der Waals surface area contributed by atoms with Crippen molar-refractivity contribution >= 4 is 17.0 Å². The van der Waals surface area contributed by atoms with Crippen LogP contribution in [0.2, 0.25) is 0 Å². The van der Waals surface area contributed by atoms with Crippen molar-refractivity contribution in [1.29, 1.82) is 0 Å². The second-order valence-electron chi connectivity index (χ2n) is 9.91. The minimum atomic E-state index is 0.705. The smallest absolute Gasteiger partial charge is 0.136 e. The number of hydrogen-bond donors (Lipinski definition) is 0. The van der Waals surface area contributed by atoms with Crippen molar-refractivity contribution in [3.8, 4) is 0 Å². The van der Waals surface area contributed by atoms with Crippen LogP contribution in [0, 0.1) is 0 Å². The van der Waals surface area contributed by atoms with Crippen molar-refractivity contribution in [2.24, 2.45) is 4.99 Å². The van der Waals surface area contributed by atoms with E-state index in [-0.39, 0.29) is 0 Å². The van der Waals surface area contributed by atoms with E-state index in [9.17, 15) is 0 Å². The van der Waals surface area contributed by atoms with Gasteiger partial charge in [-0.05, 0) is 54.0 Å². The van der Waals surface area contributed by atoms with Crippen LogP contribution in [0.3, 0.4) is 0 Å². The molecule has 2 heteroatoms. The average Bonchev–Trinajstić information content (AvgIpc) is 3.27. The van der Waals surface area contributed by atoms with Gasteiger partial charge >= 0.3 is 0 Å². The second-order valence-corrected chi connectivity index (χ2v) is 9.91. The number of allylic oxidation sites excluding steroid dienone is 12. The first-order chi connectivity index (χ1) is 21.2. The number of nitrogens with zero attached hydrogens (tertiary/aromatic N) is 2. The van der Waals surface area contributed by atoms with Crippen molar-refractivity contribution in [2.75, 3.05) is 13.1 Å². The highest BCUT2D eigenvalue weighted by Crippen LogP contribution is 2.37. The minimum absolute atomic E-state index is 0.705. The van der Waals surface area contributed by atoms with E-state index < -0.39 is 0 Å². The molecule has 1 aliphatic heterocycles. The monoisotopic (exact) mass is 566 g/mol. The number of hydrogen-bond acceptors (Lipinski definition) is 2. The summed E-state index contributed by atoms with van der Waals surface area (Å²) in [7, 11) is 0. The van der Waals surface area contributed by atoms with Crippen molar-refractivity contribution in [1.82, 2.24) is 4.90 Å². The molecule has 0 aromatic heterocycles. The molecule has 2 aromatic rings. The molecule has 0 unspecified atom stereocenters. The van der Waals surface area contributed by atoms with Gasteiger partial charge < -0.3 is 4.90 Å². The zero-order valence-corrected chi connectivity index (χ0v) is 26.2. The third kappa shape index (κ3) is 8.90. The third-order valence-corrected chi connectivity index (χ3v) is 7.14. The Morgan fingerprint density at radius 3 is 2.33 bits per heavy atom. The summed E-state index contributed by atoms with van der Waals surface area (Å²) in [5.41, 5.74) is 8.79. The van der Waals surface area contributed by atoms with E-state index in [4.69, 9.17) is 4.99 Å². The first kappa shape index (κ1) is 32.8. The van der Waals surface area contributed by atoms with Gasteiger partial charge in [0, 0.05) is 17.7 Å². The minimum Gasteiger partial charge on any atom is -0.346 e. The van der Waals surface area contributed by atoms with Gasteiger partial charge in [-0.1, -0.05) is 161 Å². The van der Waals surface area contributed by atoms with Crippen LogP contribution in [0.5, 0.6) is 0 Å². The lowest BCUT2D eigenvalue weighted by atomic mass is 9.87. The van der Waals surface area contributed by atoms with Gasteiger partial charge in [-0.15, -0.1) is 0 Å². The van der Waals surface area contributed by atoms with Crippen LogP contribution in [-0.2, 0) is 0 Å². The van der Waals surface area contributed by atoms with Crippen LogP contribution < -0.4 is 0 Å². The summed E-state index contributed by atoms with van der Waals surface area (Å²) in [5, 5.41) is 0. The Labute approximate surface area is 260 Å². The molecule has 2 nitrogen and oxygen atoms in total. The Hall–Kier alpha value is -4.69. The van der Waals surface area contributed by atoms with Crippen LogP contribution in [0.4, 0.5) is 0 Å². The van der Waals surface area contributed by atoms with Crippen molar-refractivity contribution in [3.05, 3.63) is 181 Å². The van der Waals surface area contributed by atoms with Crippen LogP contribution >= 0.6 is 0 Å². The zero-order chi connectivity index (χ0) is 30.9. The predicted octanol–water partition coefficient (Wildman–Crippen LogP) is 10.9.